The van der Waals surface area contributed by atoms with E-state index < -0.39 is 0 Å². The molecule has 2 unspecified atom stereocenters. The van der Waals surface area contributed by atoms with Gasteiger partial charge in [0.25, 0.3) is 0 Å². The molecule has 0 saturated heterocycles. The summed E-state index contributed by atoms with van der Waals surface area (Å²) in [4.78, 5) is 0. The van der Waals surface area contributed by atoms with Gasteiger partial charge >= 0.3 is 0 Å². The van der Waals surface area contributed by atoms with Gasteiger partial charge in [0.05, 0.1) is 0 Å². The first-order valence-electron chi connectivity index (χ1n) is 5.84. The highest BCUT2D eigenvalue weighted by Crippen LogP contribution is 2.31. The lowest BCUT2D eigenvalue weighted by Gasteiger charge is -2.16. The van der Waals surface area contributed by atoms with E-state index >= 15 is 0 Å². The molecule has 0 bridgehead atoms. The quantitative estimate of drug-likeness (QED) is 0.791. The fourth-order valence-corrected chi connectivity index (χ4v) is 3.10. The second kappa shape index (κ2) is 5.00. The van der Waals surface area contributed by atoms with Crippen LogP contribution in [0.3, 0.4) is 0 Å². The van der Waals surface area contributed by atoms with Crippen molar-refractivity contribution in [2.45, 2.75) is 37.5 Å². The fourth-order valence-electron chi connectivity index (χ4n) is 2.30. The van der Waals surface area contributed by atoms with Crippen molar-refractivity contribution in [3.8, 4) is 0 Å². The molecule has 2 nitrogen and oxygen atoms in total. The SMILES string of the molecule is CSC1CCC(Nc2cc(N)ccc2C)C1. The summed E-state index contributed by atoms with van der Waals surface area (Å²) in [6, 6.07) is 6.71. The molecular weight excluding hydrogens is 216 g/mol. The van der Waals surface area contributed by atoms with Crippen LogP contribution in [0.15, 0.2) is 18.2 Å². The summed E-state index contributed by atoms with van der Waals surface area (Å²) in [7, 11) is 0. The van der Waals surface area contributed by atoms with E-state index in [2.05, 4.69) is 24.6 Å². The maximum atomic E-state index is 5.81. The molecule has 3 N–H and O–H groups in total. The largest absolute Gasteiger partial charge is 0.399 e. The van der Waals surface area contributed by atoms with E-state index in [1.807, 2.05) is 23.9 Å². The average molecular weight is 236 g/mol. The molecule has 0 spiro atoms. The average Bonchev–Trinajstić information content (AvgIpc) is 2.71. The standard InChI is InChI=1S/C13H20N2S/c1-9-3-4-10(14)7-13(9)15-11-5-6-12(8-11)16-2/h3-4,7,11-12,15H,5-6,8,14H2,1-2H3. The van der Waals surface area contributed by atoms with Gasteiger partial charge in [-0.1, -0.05) is 6.07 Å². The van der Waals surface area contributed by atoms with Crippen molar-refractivity contribution < 1.29 is 0 Å². The van der Waals surface area contributed by atoms with Crippen LogP contribution >= 0.6 is 11.8 Å². The summed E-state index contributed by atoms with van der Waals surface area (Å²) >= 11 is 1.99. The molecular formula is C13H20N2S. The molecule has 0 radical (unpaired) electrons. The van der Waals surface area contributed by atoms with Gasteiger partial charge in [0.1, 0.15) is 0 Å². The zero-order chi connectivity index (χ0) is 11.5. The van der Waals surface area contributed by atoms with Gasteiger partial charge in [-0.15, -0.1) is 0 Å². The van der Waals surface area contributed by atoms with Crippen molar-refractivity contribution in [2.75, 3.05) is 17.3 Å². The van der Waals surface area contributed by atoms with Crippen LogP contribution in [0.1, 0.15) is 24.8 Å². The molecule has 1 saturated carbocycles. The molecule has 2 rings (SSSR count). The van der Waals surface area contributed by atoms with Crippen molar-refractivity contribution in [1.29, 1.82) is 0 Å². The first kappa shape index (κ1) is 11.6. The number of nitrogens with two attached hydrogens (primary N) is 1. The highest BCUT2D eigenvalue weighted by molar-refractivity contribution is 7.99. The molecule has 1 fully saturated rings. The topological polar surface area (TPSA) is 38.0 Å². The van der Waals surface area contributed by atoms with E-state index in [0.717, 1.165) is 10.9 Å². The van der Waals surface area contributed by atoms with E-state index in [4.69, 9.17) is 5.73 Å². The Kier molecular flexibility index (Phi) is 3.64. The first-order valence-corrected chi connectivity index (χ1v) is 7.13. The van der Waals surface area contributed by atoms with E-state index in [0.29, 0.717) is 6.04 Å². The second-order valence-electron chi connectivity index (χ2n) is 4.59. The van der Waals surface area contributed by atoms with Gasteiger partial charge in [0.2, 0.25) is 0 Å². The van der Waals surface area contributed by atoms with Gasteiger partial charge in [-0.05, 0) is 50.1 Å². The molecule has 0 heterocycles. The third kappa shape index (κ3) is 2.64. The molecule has 88 valence electrons. The summed E-state index contributed by atoms with van der Waals surface area (Å²) < 4.78 is 0. The molecule has 3 heteroatoms. The summed E-state index contributed by atoms with van der Waals surface area (Å²) in [6.45, 7) is 2.13. The lowest BCUT2D eigenvalue weighted by Crippen LogP contribution is -2.16. The van der Waals surface area contributed by atoms with Gasteiger partial charge < -0.3 is 11.1 Å². The Labute approximate surface area is 102 Å². The molecule has 1 aromatic carbocycles. The minimum atomic E-state index is 0.623. The molecule has 1 aliphatic carbocycles. The molecule has 0 aliphatic heterocycles. The Bertz CT molecular complexity index is 365. The van der Waals surface area contributed by atoms with Crippen molar-refractivity contribution in [2.24, 2.45) is 0 Å². The van der Waals surface area contributed by atoms with Crippen LogP contribution in [-0.2, 0) is 0 Å². The number of hydrogen-bond donors (Lipinski definition) is 2. The number of thioether (sulfide) groups is 1. The number of anilines is 2. The number of rotatable bonds is 3. The van der Waals surface area contributed by atoms with Crippen LogP contribution in [0.25, 0.3) is 0 Å². The minimum Gasteiger partial charge on any atom is -0.399 e. The maximum absolute atomic E-state index is 5.81. The highest BCUT2D eigenvalue weighted by Gasteiger charge is 2.23. The third-order valence-electron chi connectivity index (χ3n) is 3.34. The number of aryl methyl sites for hydroxylation is 1. The summed E-state index contributed by atoms with van der Waals surface area (Å²) in [5.74, 6) is 0. The summed E-state index contributed by atoms with van der Waals surface area (Å²) in [5, 5.41) is 4.45. The number of benzene rings is 1. The second-order valence-corrected chi connectivity index (χ2v) is 5.72. The van der Waals surface area contributed by atoms with E-state index in [-0.39, 0.29) is 0 Å². The van der Waals surface area contributed by atoms with Crippen LogP contribution < -0.4 is 11.1 Å². The van der Waals surface area contributed by atoms with Crippen molar-refractivity contribution >= 4 is 23.1 Å². The Morgan fingerprint density at radius 1 is 1.38 bits per heavy atom. The highest BCUT2D eigenvalue weighted by atomic mass is 32.2. The zero-order valence-electron chi connectivity index (χ0n) is 9.99. The van der Waals surface area contributed by atoms with Crippen LogP contribution in [-0.4, -0.2) is 17.5 Å². The normalized spacial score (nSPS) is 24.6. The summed E-state index contributed by atoms with van der Waals surface area (Å²) in [6.07, 6.45) is 6.09. The number of nitrogen functional groups attached to an aromatic ring is 1. The predicted molar refractivity (Wildman–Crippen MR) is 74.2 cm³/mol. The molecule has 0 aromatic heterocycles. The fraction of sp³-hybridized carbons (Fsp3) is 0.538. The smallest absolute Gasteiger partial charge is 0.0392 e. The van der Waals surface area contributed by atoms with Crippen molar-refractivity contribution in [3.05, 3.63) is 23.8 Å². The zero-order valence-corrected chi connectivity index (χ0v) is 10.8. The van der Waals surface area contributed by atoms with Crippen LogP contribution in [0.5, 0.6) is 0 Å². The monoisotopic (exact) mass is 236 g/mol. The molecule has 2 atom stereocenters. The van der Waals surface area contributed by atoms with Gasteiger partial charge in [-0.3, -0.25) is 0 Å². The Balaban J connectivity index is 2.01. The van der Waals surface area contributed by atoms with Gasteiger partial charge in [0, 0.05) is 22.7 Å². The molecule has 1 aliphatic rings. The minimum absolute atomic E-state index is 0.623. The van der Waals surface area contributed by atoms with E-state index in [1.165, 1.54) is 30.5 Å². The molecule has 16 heavy (non-hydrogen) atoms. The third-order valence-corrected chi connectivity index (χ3v) is 4.43. The first-order chi connectivity index (χ1) is 7.69. The van der Waals surface area contributed by atoms with Crippen LogP contribution in [0.2, 0.25) is 0 Å². The Morgan fingerprint density at radius 2 is 2.19 bits per heavy atom. The lowest BCUT2D eigenvalue weighted by atomic mass is 10.1. The van der Waals surface area contributed by atoms with E-state index in [9.17, 15) is 0 Å². The van der Waals surface area contributed by atoms with Gasteiger partial charge in [0.15, 0.2) is 0 Å². The number of hydrogen-bond acceptors (Lipinski definition) is 3. The Morgan fingerprint density at radius 3 is 2.88 bits per heavy atom. The number of nitrogens with one attached hydrogen (secondary N) is 1. The van der Waals surface area contributed by atoms with E-state index in [1.54, 1.807) is 0 Å². The summed E-state index contributed by atoms with van der Waals surface area (Å²) in [5.41, 5.74) is 9.13. The lowest BCUT2D eigenvalue weighted by molar-refractivity contribution is 0.756. The van der Waals surface area contributed by atoms with Crippen LogP contribution in [0, 0.1) is 6.92 Å². The van der Waals surface area contributed by atoms with Crippen molar-refractivity contribution in [1.82, 2.24) is 0 Å². The van der Waals surface area contributed by atoms with Gasteiger partial charge in [-0.25, -0.2) is 0 Å². The van der Waals surface area contributed by atoms with Crippen LogP contribution in [0.4, 0.5) is 11.4 Å². The van der Waals surface area contributed by atoms with Crippen molar-refractivity contribution in [3.63, 3.8) is 0 Å². The molecule has 0 amide bonds. The predicted octanol–water partition coefficient (Wildman–Crippen LogP) is 3.27. The van der Waals surface area contributed by atoms with Gasteiger partial charge in [-0.2, -0.15) is 11.8 Å². The molecule has 1 aromatic rings. The Hall–Kier alpha value is -0.830. The maximum Gasteiger partial charge on any atom is 0.0392 e.